The van der Waals surface area contributed by atoms with E-state index in [2.05, 4.69) is 62.1 Å². The lowest BCUT2D eigenvalue weighted by atomic mass is 9.87. The molecule has 0 amide bonds. The van der Waals surface area contributed by atoms with Crippen molar-refractivity contribution in [2.24, 2.45) is 5.92 Å². The van der Waals surface area contributed by atoms with E-state index in [4.69, 9.17) is 0 Å². The lowest BCUT2D eigenvalue weighted by Gasteiger charge is -2.19. The molecule has 1 unspecified atom stereocenters. The third-order valence-corrected chi connectivity index (χ3v) is 4.84. The highest BCUT2D eigenvalue weighted by Crippen LogP contribution is 2.23. The fourth-order valence-electron chi connectivity index (χ4n) is 2.29. The third-order valence-electron chi connectivity index (χ3n) is 3.61. The molecule has 1 atom stereocenters. The van der Waals surface area contributed by atoms with Gasteiger partial charge in [-0.2, -0.15) is 11.8 Å². The van der Waals surface area contributed by atoms with E-state index in [0.29, 0.717) is 0 Å². The van der Waals surface area contributed by atoms with Crippen molar-refractivity contribution in [3.63, 3.8) is 0 Å². The van der Waals surface area contributed by atoms with Crippen LogP contribution in [0.15, 0.2) is 24.3 Å². The smallest absolute Gasteiger partial charge is 0.0205 e. The van der Waals surface area contributed by atoms with E-state index in [1.54, 1.807) is 0 Å². The van der Waals surface area contributed by atoms with Crippen LogP contribution in [0.5, 0.6) is 0 Å². The molecule has 0 aliphatic carbocycles. The van der Waals surface area contributed by atoms with Gasteiger partial charge >= 0.3 is 0 Å². The Morgan fingerprint density at radius 2 is 1.94 bits per heavy atom. The summed E-state index contributed by atoms with van der Waals surface area (Å²) in [6, 6.07) is 9.05. The summed E-state index contributed by atoms with van der Waals surface area (Å²) in [5.41, 5.74) is 3.07. The molecule has 1 nitrogen and oxygen atoms in total. The predicted molar refractivity (Wildman–Crippen MR) is 82.3 cm³/mol. The van der Waals surface area contributed by atoms with E-state index >= 15 is 0 Å². The molecule has 2 heteroatoms. The Bertz CT molecular complexity index is 358. The Morgan fingerprint density at radius 1 is 1.22 bits per heavy atom. The SMILES string of the molecule is CC(C)(C)c1ccc(CNCC2CCSC2)cc1. The van der Waals surface area contributed by atoms with Gasteiger partial charge in [-0.15, -0.1) is 0 Å². The van der Waals surface area contributed by atoms with Crippen molar-refractivity contribution < 1.29 is 0 Å². The zero-order valence-corrected chi connectivity index (χ0v) is 12.6. The molecular formula is C16H25NS. The van der Waals surface area contributed by atoms with Gasteiger partial charge in [0.05, 0.1) is 0 Å². The number of benzene rings is 1. The van der Waals surface area contributed by atoms with Crippen LogP contribution in [0.1, 0.15) is 38.3 Å². The van der Waals surface area contributed by atoms with E-state index in [1.807, 2.05) is 0 Å². The van der Waals surface area contributed by atoms with E-state index in [-0.39, 0.29) is 5.41 Å². The van der Waals surface area contributed by atoms with E-state index in [1.165, 1.54) is 35.6 Å². The zero-order chi connectivity index (χ0) is 13.0. The van der Waals surface area contributed by atoms with Crippen molar-refractivity contribution in [1.82, 2.24) is 5.32 Å². The third kappa shape index (κ3) is 4.03. The Morgan fingerprint density at radius 3 is 2.50 bits per heavy atom. The molecule has 1 aromatic rings. The molecule has 1 N–H and O–H groups in total. The Hall–Kier alpha value is -0.470. The zero-order valence-electron chi connectivity index (χ0n) is 11.8. The molecule has 100 valence electrons. The topological polar surface area (TPSA) is 12.0 Å². The minimum Gasteiger partial charge on any atom is -0.312 e. The Balaban J connectivity index is 1.79. The summed E-state index contributed by atoms with van der Waals surface area (Å²) in [6.45, 7) is 8.97. The average molecular weight is 263 g/mol. The van der Waals surface area contributed by atoms with Crippen LogP contribution < -0.4 is 5.32 Å². The lowest BCUT2D eigenvalue weighted by molar-refractivity contribution is 0.523. The second kappa shape index (κ2) is 6.12. The van der Waals surface area contributed by atoms with Crippen molar-refractivity contribution in [2.45, 2.75) is 39.2 Å². The summed E-state index contributed by atoms with van der Waals surface area (Å²) in [5.74, 6) is 3.59. The second-order valence-electron chi connectivity index (χ2n) is 6.31. The first kappa shape index (κ1) is 14.0. The van der Waals surface area contributed by atoms with Crippen LogP contribution >= 0.6 is 11.8 Å². The maximum atomic E-state index is 3.59. The van der Waals surface area contributed by atoms with Gasteiger partial charge in [0.1, 0.15) is 0 Å². The van der Waals surface area contributed by atoms with Gasteiger partial charge in [-0.05, 0) is 46.9 Å². The summed E-state index contributed by atoms with van der Waals surface area (Å²) in [5, 5.41) is 3.59. The molecular weight excluding hydrogens is 238 g/mol. The van der Waals surface area contributed by atoms with Crippen LogP contribution in [0.4, 0.5) is 0 Å². The molecule has 0 aromatic heterocycles. The fraction of sp³-hybridized carbons (Fsp3) is 0.625. The van der Waals surface area contributed by atoms with E-state index in [0.717, 1.165) is 12.5 Å². The minimum absolute atomic E-state index is 0.257. The quantitative estimate of drug-likeness (QED) is 0.886. The van der Waals surface area contributed by atoms with Gasteiger partial charge < -0.3 is 5.32 Å². The van der Waals surface area contributed by atoms with Gasteiger partial charge in [0.2, 0.25) is 0 Å². The van der Waals surface area contributed by atoms with Crippen LogP contribution in [0, 0.1) is 5.92 Å². The van der Waals surface area contributed by atoms with Crippen LogP contribution in [-0.4, -0.2) is 18.1 Å². The average Bonchev–Trinajstić information content (AvgIpc) is 2.82. The molecule has 2 rings (SSSR count). The number of thioether (sulfide) groups is 1. The Kier molecular flexibility index (Phi) is 4.74. The fourth-order valence-corrected chi connectivity index (χ4v) is 3.57. The highest BCUT2D eigenvalue weighted by Gasteiger charge is 2.15. The second-order valence-corrected chi connectivity index (χ2v) is 7.46. The normalized spacial score (nSPS) is 20.3. The largest absolute Gasteiger partial charge is 0.312 e. The maximum absolute atomic E-state index is 3.59. The first-order valence-corrected chi connectivity index (χ1v) is 8.09. The standard InChI is InChI=1S/C16H25NS/c1-16(2,3)15-6-4-13(5-7-15)10-17-11-14-8-9-18-12-14/h4-7,14,17H,8-12H2,1-3H3. The van der Waals surface area contributed by atoms with Crippen molar-refractivity contribution in [3.05, 3.63) is 35.4 Å². The van der Waals surface area contributed by atoms with Crippen LogP contribution in [0.3, 0.4) is 0 Å². The maximum Gasteiger partial charge on any atom is 0.0205 e. The number of hydrogen-bond donors (Lipinski definition) is 1. The molecule has 1 aliphatic heterocycles. The monoisotopic (exact) mass is 263 g/mol. The Labute approximate surface area is 116 Å². The van der Waals surface area contributed by atoms with E-state index in [9.17, 15) is 0 Å². The first-order valence-electron chi connectivity index (χ1n) is 6.93. The lowest BCUT2D eigenvalue weighted by Crippen LogP contribution is -2.22. The first-order chi connectivity index (χ1) is 8.55. The molecule has 1 aliphatic rings. The molecule has 0 spiro atoms. The van der Waals surface area contributed by atoms with Gasteiger partial charge in [-0.3, -0.25) is 0 Å². The van der Waals surface area contributed by atoms with Crippen molar-refractivity contribution in [1.29, 1.82) is 0 Å². The summed E-state index contributed by atoms with van der Waals surface area (Å²) in [4.78, 5) is 0. The molecule has 1 fully saturated rings. The molecule has 1 heterocycles. The summed E-state index contributed by atoms with van der Waals surface area (Å²) < 4.78 is 0. The van der Waals surface area contributed by atoms with Crippen molar-refractivity contribution >= 4 is 11.8 Å². The van der Waals surface area contributed by atoms with Gasteiger partial charge in [0.15, 0.2) is 0 Å². The number of nitrogens with one attached hydrogen (secondary N) is 1. The van der Waals surface area contributed by atoms with Gasteiger partial charge in [0, 0.05) is 6.54 Å². The summed E-state index contributed by atoms with van der Waals surface area (Å²) in [6.07, 6.45) is 1.39. The van der Waals surface area contributed by atoms with Crippen LogP contribution in [0.25, 0.3) is 0 Å². The minimum atomic E-state index is 0.257. The summed E-state index contributed by atoms with van der Waals surface area (Å²) in [7, 11) is 0. The molecule has 1 aromatic carbocycles. The highest BCUT2D eigenvalue weighted by molar-refractivity contribution is 7.99. The molecule has 0 radical (unpaired) electrons. The van der Waals surface area contributed by atoms with Crippen LogP contribution in [0.2, 0.25) is 0 Å². The van der Waals surface area contributed by atoms with Crippen molar-refractivity contribution in [2.75, 3.05) is 18.1 Å². The van der Waals surface area contributed by atoms with Crippen molar-refractivity contribution in [3.8, 4) is 0 Å². The molecule has 1 saturated heterocycles. The van der Waals surface area contributed by atoms with Gasteiger partial charge in [-0.25, -0.2) is 0 Å². The molecule has 0 saturated carbocycles. The predicted octanol–water partition coefficient (Wildman–Crippen LogP) is 3.83. The summed E-state index contributed by atoms with van der Waals surface area (Å²) >= 11 is 2.09. The molecule has 0 bridgehead atoms. The van der Waals surface area contributed by atoms with Gasteiger partial charge in [0.25, 0.3) is 0 Å². The molecule has 18 heavy (non-hydrogen) atoms. The van der Waals surface area contributed by atoms with Crippen LogP contribution in [-0.2, 0) is 12.0 Å². The van der Waals surface area contributed by atoms with E-state index < -0.39 is 0 Å². The highest BCUT2D eigenvalue weighted by atomic mass is 32.2. The number of hydrogen-bond acceptors (Lipinski definition) is 2. The number of rotatable bonds is 4. The van der Waals surface area contributed by atoms with Gasteiger partial charge in [-0.1, -0.05) is 45.0 Å².